The highest BCUT2D eigenvalue weighted by molar-refractivity contribution is 5.86. The van der Waals surface area contributed by atoms with Crippen molar-refractivity contribution in [2.24, 2.45) is 0 Å². The molecule has 0 amide bonds. The Hall–Kier alpha value is -1.38. The van der Waals surface area contributed by atoms with E-state index >= 15 is 0 Å². The van der Waals surface area contributed by atoms with E-state index in [1.54, 1.807) is 0 Å². The summed E-state index contributed by atoms with van der Waals surface area (Å²) in [6.07, 6.45) is 1.13. The summed E-state index contributed by atoms with van der Waals surface area (Å²) in [7, 11) is 0. The molecule has 0 aliphatic rings. The molecule has 2 aromatic carbocycles. The summed E-state index contributed by atoms with van der Waals surface area (Å²) >= 11 is 0. The van der Waals surface area contributed by atoms with Gasteiger partial charge in [-0.3, -0.25) is 0 Å². The van der Waals surface area contributed by atoms with Gasteiger partial charge in [0, 0.05) is 6.61 Å². The first-order chi connectivity index (χ1) is 9.36. The number of rotatable bonds is 7. The van der Waals surface area contributed by atoms with Crippen molar-refractivity contribution in [1.82, 2.24) is 5.32 Å². The van der Waals surface area contributed by atoms with Gasteiger partial charge in [0.15, 0.2) is 0 Å². The Morgan fingerprint density at radius 3 is 2.63 bits per heavy atom. The zero-order valence-electron chi connectivity index (χ0n) is 11.9. The second kappa shape index (κ2) is 7.27. The van der Waals surface area contributed by atoms with E-state index in [4.69, 9.17) is 4.74 Å². The van der Waals surface area contributed by atoms with E-state index < -0.39 is 0 Å². The smallest absolute Gasteiger partial charge is 0.0661 e. The number of benzene rings is 2. The molecule has 19 heavy (non-hydrogen) atoms. The molecular formula is C17H23NO. The number of hydrogen-bond donors (Lipinski definition) is 1. The Bertz CT molecular complexity index is 496. The topological polar surface area (TPSA) is 21.3 Å². The average Bonchev–Trinajstić information content (AvgIpc) is 2.47. The quantitative estimate of drug-likeness (QED) is 0.811. The molecule has 2 rings (SSSR count). The minimum absolute atomic E-state index is 0.269. The molecule has 0 bridgehead atoms. The van der Waals surface area contributed by atoms with Gasteiger partial charge in [-0.05, 0) is 36.2 Å². The summed E-state index contributed by atoms with van der Waals surface area (Å²) in [4.78, 5) is 0. The SMILES string of the molecule is CCCNC(COCC)c1cccc2ccccc12. The molecule has 0 saturated heterocycles. The van der Waals surface area contributed by atoms with Crippen molar-refractivity contribution in [2.75, 3.05) is 19.8 Å². The molecule has 0 aliphatic carbocycles. The molecule has 2 aromatic rings. The molecule has 0 aliphatic heterocycles. The number of fused-ring (bicyclic) bond motifs is 1. The van der Waals surface area contributed by atoms with Crippen LogP contribution < -0.4 is 5.32 Å². The van der Waals surface area contributed by atoms with Crippen LogP contribution in [0.5, 0.6) is 0 Å². The Kier molecular flexibility index (Phi) is 5.37. The van der Waals surface area contributed by atoms with Gasteiger partial charge in [-0.15, -0.1) is 0 Å². The van der Waals surface area contributed by atoms with Crippen LogP contribution in [0, 0.1) is 0 Å². The summed E-state index contributed by atoms with van der Waals surface area (Å²) in [6, 6.07) is 15.3. The zero-order chi connectivity index (χ0) is 13.5. The highest BCUT2D eigenvalue weighted by atomic mass is 16.5. The van der Waals surface area contributed by atoms with E-state index in [1.807, 2.05) is 6.92 Å². The van der Waals surface area contributed by atoms with E-state index in [-0.39, 0.29) is 6.04 Å². The van der Waals surface area contributed by atoms with Crippen LogP contribution in [0.3, 0.4) is 0 Å². The van der Waals surface area contributed by atoms with Gasteiger partial charge in [-0.1, -0.05) is 49.4 Å². The molecule has 0 saturated carbocycles. The first-order valence-electron chi connectivity index (χ1n) is 7.15. The fourth-order valence-electron chi connectivity index (χ4n) is 2.37. The molecule has 2 nitrogen and oxygen atoms in total. The first kappa shape index (κ1) is 14.0. The molecule has 102 valence electrons. The second-order valence-electron chi connectivity index (χ2n) is 4.73. The molecule has 0 aromatic heterocycles. The minimum Gasteiger partial charge on any atom is -0.380 e. The van der Waals surface area contributed by atoms with Crippen molar-refractivity contribution in [3.63, 3.8) is 0 Å². The first-order valence-corrected chi connectivity index (χ1v) is 7.15. The van der Waals surface area contributed by atoms with Crippen LogP contribution in [0.1, 0.15) is 31.9 Å². The molecule has 1 N–H and O–H groups in total. The van der Waals surface area contributed by atoms with E-state index in [2.05, 4.69) is 54.7 Å². The maximum Gasteiger partial charge on any atom is 0.0661 e. The predicted molar refractivity (Wildman–Crippen MR) is 81.5 cm³/mol. The van der Waals surface area contributed by atoms with Crippen LogP contribution in [-0.4, -0.2) is 19.8 Å². The van der Waals surface area contributed by atoms with Gasteiger partial charge >= 0.3 is 0 Å². The van der Waals surface area contributed by atoms with E-state index in [0.717, 1.165) is 26.2 Å². The molecule has 1 unspecified atom stereocenters. The summed E-state index contributed by atoms with van der Waals surface area (Å²) < 4.78 is 5.63. The number of ether oxygens (including phenoxy) is 1. The van der Waals surface area contributed by atoms with Crippen LogP contribution >= 0.6 is 0 Å². The summed E-state index contributed by atoms with van der Waals surface area (Å²) in [6.45, 7) is 6.73. The monoisotopic (exact) mass is 257 g/mol. The van der Waals surface area contributed by atoms with Crippen molar-refractivity contribution in [3.8, 4) is 0 Å². The van der Waals surface area contributed by atoms with Gasteiger partial charge in [0.1, 0.15) is 0 Å². The molecule has 0 spiro atoms. The fourth-order valence-corrected chi connectivity index (χ4v) is 2.37. The maximum absolute atomic E-state index is 5.63. The lowest BCUT2D eigenvalue weighted by molar-refractivity contribution is 0.123. The van der Waals surface area contributed by atoms with Crippen LogP contribution in [0.15, 0.2) is 42.5 Å². The molecule has 2 heteroatoms. The van der Waals surface area contributed by atoms with Gasteiger partial charge in [0.2, 0.25) is 0 Å². The lowest BCUT2D eigenvalue weighted by Gasteiger charge is -2.20. The maximum atomic E-state index is 5.63. The van der Waals surface area contributed by atoms with Gasteiger partial charge in [-0.25, -0.2) is 0 Å². The van der Waals surface area contributed by atoms with Crippen LogP contribution in [-0.2, 0) is 4.74 Å². The van der Waals surface area contributed by atoms with Crippen LogP contribution in [0.2, 0.25) is 0 Å². The highest BCUT2D eigenvalue weighted by Gasteiger charge is 2.13. The second-order valence-corrected chi connectivity index (χ2v) is 4.73. The molecule has 0 heterocycles. The Morgan fingerprint density at radius 2 is 1.84 bits per heavy atom. The number of nitrogens with one attached hydrogen (secondary N) is 1. The van der Waals surface area contributed by atoms with Crippen molar-refractivity contribution in [3.05, 3.63) is 48.0 Å². The zero-order valence-corrected chi connectivity index (χ0v) is 11.9. The van der Waals surface area contributed by atoms with Crippen molar-refractivity contribution >= 4 is 10.8 Å². The van der Waals surface area contributed by atoms with Gasteiger partial charge < -0.3 is 10.1 Å². The lowest BCUT2D eigenvalue weighted by Crippen LogP contribution is -2.26. The average molecular weight is 257 g/mol. The Labute approximate surface area is 115 Å². The van der Waals surface area contributed by atoms with Gasteiger partial charge in [0.05, 0.1) is 12.6 Å². The van der Waals surface area contributed by atoms with Gasteiger partial charge in [0.25, 0.3) is 0 Å². The van der Waals surface area contributed by atoms with E-state index in [1.165, 1.54) is 16.3 Å². The normalized spacial score (nSPS) is 12.7. The molecular weight excluding hydrogens is 234 g/mol. The lowest BCUT2D eigenvalue weighted by atomic mass is 9.99. The van der Waals surface area contributed by atoms with Gasteiger partial charge in [-0.2, -0.15) is 0 Å². The fraction of sp³-hybridized carbons (Fsp3) is 0.412. The molecule has 0 fully saturated rings. The third-order valence-corrected chi connectivity index (χ3v) is 3.33. The summed E-state index contributed by atoms with van der Waals surface area (Å²) in [5.41, 5.74) is 1.33. The van der Waals surface area contributed by atoms with Crippen molar-refractivity contribution in [1.29, 1.82) is 0 Å². The molecule has 1 atom stereocenters. The van der Waals surface area contributed by atoms with E-state index in [9.17, 15) is 0 Å². The predicted octanol–water partition coefficient (Wildman–Crippen LogP) is 3.92. The van der Waals surface area contributed by atoms with E-state index in [0.29, 0.717) is 0 Å². The third kappa shape index (κ3) is 3.55. The largest absolute Gasteiger partial charge is 0.380 e. The Balaban J connectivity index is 2.31. The minimum atomic E-state index is 0.269. The van der Waals surface area contributed by atoms with Crippen LogP contribution in [0.25, 0.3) is 10.8 Å². The summed E-state index contributed by atoms with van der Waals surface area (Å²) in [5.74, 6) is 0. The number of hydrogen-bond acceptors (Lipinski definition) is 2. The van der Waals surface area contributed by atoms with Crippen molar-refractivity contribution < 1.29 is 4.74 Å². The third-order valence-electron chi connectivity index (χ3n) is 3.33. The van der Waals surface area contributed by atoms with Crippen LogP contribution in [0.4, 0.5) is 0 Å². The molecule has 0 radical (unpaired) electrons. The Morgan fingerprint density at radius 1 is 1.05 bits per heavy atom. The highest BCUT2D eigenvalue weighted by Crippen LogP contribution is 2.24. The standard InChI is InChI=1S/C17H23NO/c1-3-12-18-17(13-19-4-2)16-11-7-9-14-8-5-6-10-15(14)16/h5-11,17-18H,3-4,12-13H2,1-2H3. The van der Waals surface area contributed by atoms with Crippen molar-refractivity contribution in [2.45, 2.75) is 26.3 Å². The summed E-state index contributed by atoms with van der Waals surface area (Å²) in [5, 5.41) is 6.20.